The Kier molecular flexibility index (Phi) is 4.28. The molecule has 0 radical (unpaired) electrons. The van der Waals surface area contributed by atoms with Crippen LogP contribution in [0.5, 0.6) is 0 Å². The number of rotatable bonds is 2. The summed E-state index contributed by atoms with van der Waals surface area (Å²) in [6, 6.07) is 9.50. The molecule has 1 aromatic carbocycles. The molecule has 134 valence electrons. The summed E-state index contributed by atoms with van der Waals surface area (Å²) >= 11 is 6.14. The summed E-state index contributed by atoms with van der Waals surface area (Å²) in [7, 11) is 0. The predicted molar refractivity (Wildman–Crippen MR) is 102 cm³/mol. The molecule has 0 spiro atoms. The highest BCUT2D eigenvalue weighted by molar-refractivity contribution is 6.30. The summed E-state index contributed by atoms with van der Waals surface area (Å²) in [6.45, 7) is 6.86. The monoisotopic (exact) mass is 369 g/mol. The van der Waals surface area contributed by atoms with Crippen LogP contribution in [0, 0.1) is 13.8 Å². The molecule has 0 saturated carbocycles. The Morgan fingerprint density at radius 3 is 2.62 bits per heavy atom. The molecule has 3 heterocycles. The van der Waals surface area contributed by atoms with Crippen molar-refractivity contribution in [3.63, 3.8) is 0 Å². The summed E-state index contributed by atoms with van der Waals surface area (Å²) < 4.78 is 1.66. The first-order valence-electron chi connectivity index (χ1n) is 8.65. The number of nitrogens with zero attached hydrogens (tertiary/aromatic N) is 5. The SMILES string of the molecule is Cc1cn2nc(C(=O)N3CCN(c4cc(Cl)ccc4C)CC3)ccc2n1. The van der Waals surface area contributed by atoms with Crippen LogP contribution < -0.4 is 4.90 Å². The van der Waals surface area contributed by atoms with Crippen molar-refractivity contribution in [2.45, 2.75) is 13.8 Å². The maximum Gasteiger partial charge on any atom is 0.274 e. The molecule has 26 heavy (non-hydrogen) atoms. The number of halogens is 1. The molecule has 0 atom stereocenters. The van der Waals surface area contributed by atoms with E-state index in [0.29, 0.717) is 18.8 Å². The van der Waals surface area contributed by atoms with Crippen LogP contribution in [0.2, 0.25) is 5.02 Å². The van der Waals surface area contributed by atoms with Gasteiger partial charge in [-0.2, -0.15) is 5.10 Å². The number of hydrogen-bond acceptors (Lipinski definition) is 4. The van der Waals surface area contributed by atoms with Gasteiger partial charge in [-0.05, 0) is 43.7 Å². The van der Waals surface area contributed by atoms with Gasteiger partial charge in [0.15, 0.2) is 5.65 Å². The van der Waals surface area contributed by atoms with E-state index in [9.17, 15) is 4.79 Å². The van der Waals surface area contributed by atoms with Crippen molar-refractivity contribution in [1.82, 2.24) is 19.5 Å². The van der Waals surface area contributed by atoms with Gasteiger partial charge >= 0.3 is 0 Å². The van der Waals surface area contributed by atoms with Crippen LogP contribution in [0.1, 0.15) is 21.7 Å². The summed E-state index contributed by atoms with van der Waals surface area (Å²) in [4.78, 5) is 21.3. The van der Waals surface area contributed by atoms with Gasteiger partial charge in [0.2, 0.25) is 0 Å². The molecular formula is C19H20ClN5O. The molecule has 1 aliphatic heterocycles. The van der Waals surface area contributed by atoms with Gasteiger partial charge in [-0.15, -0.1) is 0 Å². The number of aromatic nitrogens is 3. The largest absolute Gasteiger partial charge is 0.368 e. The van der Waals surface area contributed by atoms with Crippen molar-refractivity contribution in [3.05, 3.63) is 58.5 Å². The summed E-state index contributed by atoms with van der Waals surface area (Å²) in [6.07, 6.45) is 1.83. The van der Waals surface area contributed by atoms with Gasteiger partial charge in [0.25, 0.3) is 5.91 Å². The Morgan fingerprint density at radius 2 is 1.85 bits per heavy atom. The molecular weight excluding hydrogens is 350 g/mol. The van der Waals surface area contributed by atoms with Crippen molar-refractivity contribution in [1.29, 1.82) is 0 Å². The van der Waals surface area contributed by atoms with Gasteiger partial charge in [0.05, 0.1) is 11.9 Å². The van der Waals surface area contributed by atoms with Gasteiger partial charge in [-0.25, -0.2) is 9.50 Å². The number of anilines is 1. The highest BCUT2D eigenvalue weighted by Gasteiger charge is 2.24. The number of fused-ring (bicyclic) bond motifs is 1. The van der Waals surface area contributed by atoms with Crippen LogP contribution >= 0.6 is 11.6 Å². The molecule has 7 heteroatoms. The molecule has 0 unspecified atom stereocenters. The molecule has 0 bridgehead atoms. The van der Waals surface area contributed by atoms with Gasteiger partial charge < -0.3 is 9.80 Å². The Balaban J connectivity index is 1.48. The fourth-order valence-electron chi connectivity index (χ4n) is 3.35. The zero-order valence-corrected chi connectivity index (χ0v) is 15.6. The summed E-state index contributed by atoms with van der Waals surface area (Å²) in [5, 5.41) is 5.14. The number of benzene rings is 1. The fraction of sp³-hybridized carbons (Fsp3) is 0.316. The van der Waals surface area contributed by atoms with E-state index >= 15 is 0 Å². The standard InChI is InChI=1S/C19H20ClN5O/c1-13-3-4-15(20)11-17(13)23-7-9-24(10-8-23)19(26)16-5-6-18-21-14(2)12-25(18)22-16/h3-6,11-12H,7-10H2,1-2H3. The maximum absolute atomic E-state index is 12.8. The fourth-order valence-corrected chi connectivity index (χ4v) is 3.52. The van der Waals surface area contributed by atoms with Crippen molar-refractivity contribution >= 4 is 28.8 Å². The van der Waals surface area contributed by atoms with Crippen LogP contribution in [0.4, 0.5) is 5.69 Å². The Bertz CT molecular complexity index is 975. The zero-order chi connectivity index (χ0) is 18.3. The van der Waals surface area contributed by atoms with Crippen LogP contribution in [-0.2, 0) is 0 Å². The first-order valence-corrected chi connectivity index (χ1v) is 9.02. The average Bonchev–Trinajstić information content (AvgIpc) is 3.02. The number of aryl methyl sites for hydroxylation is 2. The van der Waals surface area contributed by atoms with E-state index in [2.05, 4.69) is 21.9 Å². The predicted octanol–water partition coefficient (Wildman–Crippen LogP) is 2.96. The van der Waals surface area contributed by atoms with Crippen molar-refractivity contribution < 1.29 is 4.79 Å². The van der Waals surface area contributed by atoms with Gasteiger partial charge in [-0.3, -0.25) is 4.79 Å². The normalized spacial score (nSPS) is 14.9. The highest BCUT2D eigenvalue weighted by Crippen LogP contribution is 2.25. The number of carbonyl (C=O) groups is 1. The third-order valence-corrected chi connectivity index (χ3v) is 4.97. The molecule has 2 aromatic heterocycles. The van der Waals surface area contributed by atoms with Crippen molar-refractivity contribution in [2.24, 2.45) is 0 Å². The third kappa shape index (κ3) is 3.12. The topological polar surface area (TPSA) is 53.7 Å². The van der Waals surface area contributed by atoms with Crippen LogP contribution in [0.3, 0.4) is 0 Å². The van der Waals surface area contributed by atoms with Crippen LogP contribution in [-0.4, -0.2) is 51.6 Å². The van der Waals surface area contributed by atoms with E-state index in [1.54, 1.807) is 10.6 Å². The van der Waals surface area contributed by atoms with E-state index in [4.69, 9.17) is 11.6 Å². The smallest absolute Gasteiger partial charge is 0.274 e. The van der Waals surface area contributed by atoms with E-state index < -0.39 is 0 Å². The summed E-state index contributed by atoms with van der Waals surface area (Å²) in [5.41, 5.74) is 4.41. The van der Waals surface area contributed by atoms with E-state index in [1.807, 2.05) is 42.3 Å². The average molecular weight is 370 g/mol. The zero-order valence-electron chi connectivity index (χ0n) is 14.8. The van der Waals surface area contributed by atoms with Gasteiger partial charge in [-0.1, -0.05) is 17.7 Å². The third-order valence-electron chi connectivity index (χ3n) is 4.74. The number of imidazole rings is 1. The molecule has 1 saturated heterocycles. The van der Waals surface area contributed by atoms with E-state index in [0.717, 1.165) is 35.1 Å². The Labute approximate surface area is 157 Å². The van der Waals surface area contributed by atoms with Crippen LogP contribution in [0.15, 0.2) is 36.5 Å². The lowest BCUT2D eigenvalue weighted by Gasteiger charge is -2.36. The molecule has 0 N–H and O–H groups in total. The molecule has 6 nitrogen and oxygen atoms in total. The second kappa shape index (κ2) is 6.61. The first kappa shape index (κ1) is 16.8. The molecule has 0 aliphatic carbocycles. The number of piperazine rings is 1. The van der Waals surface area contributed by atoms with Crippen LogP contribution in [0.25, 0.3) is 5.65 Å². The Hall–Kier alpha value is -2.60. The minimum atomic E-state index is -0.0410. The number of amides is 1. The minimum absolute atomic E-state index is 0.0410. The van der Waals surface area contributed by atoms with E-state index in [1.165, 1.54) is 5.56 Å². The van der Waals surface area contributed by atoms with Gasteiger partial charge in [0.1, 0.15) is 5.69 Å². The molecule has 3 aromatic rings. The second-order valence-electron chi connectivity index (χ2n) is 6.61. The molecule has 1 aliphatic rings. The lowest BCUT2D eigenvalue weighted by molar-refractivity contribution is 0.0739. The number of hydrogen-bond donors (Lipinski definition) is 0. The number of carbonyl (C=O) groups excluding carboxylic acids is 1. The highest BCUT2D eigenvalue weighted by atomic mass is 35.5. The quantitative estimate of drug-likeness (QED) is 0.697. The molecule has 1 fully saturated rings. The minimum Gasteiger partial charge on any atom is -0.368 e. The lowest BCUT2D eigenvalue weighted by Crippen LogP contribution is -2.49. The maximum atomic E-state index is 12.8. The first-order chi connectivity index (χ1) is 12.5. The van der Waals surface area contributed by atoms with Crippen molar-refractivity contribution in [3.8, 4) is 0 Å². The lowest BCUT2D eigenvalue weighted by atomic mass is 10.1. The second-order valence-corrected chi connectivity index (χ2v) is 7.05. The summed E-state index contributed by atoms with van der Waals surface area (Å²) in [5.74, 6) is -0.0410. The van der Waals surface area contributed by atoms with Crippen molar-refractivity contribution in [2.75, 3.05) is 31.1 Å². The molecule has 1 amide bonds. The van der Waals surface area contributed by atoms with Gasteiger partial charge in [0, 0.05) is 36.9 Å². The Morgan fingerprint density at radius 1 is 1.08 bits per heavy atom. The van der Waals surface area contributed by atoms with E-state index in [-0.39, 0.29) is 5.91 Å². The molecule has 4 rings (SSSR count).